The van der Waals surface area contributed by atoms with E-state index in [1.807, 2.05) is 0 Å². The molecule has 0 fully saturated rings. The fourth-order valence-corrected chi connectivity index (χ4v) is 3.00. The second-order valence-electron chi connectivity index (χ2n) is 6.02. The Morgan fingerprint density at radius 2 is 1.78 bits per heavy atom. The Labute approximate surface area is 167 Å². The number of alkyl halides is 3. The van der Waals surface area contributed by atoms with Gasteiger partial charge in [0.05, 0.1) is 11.3 Å². The molecule has 27 heavy (non-hydrogen) atoms. The summed E-state index contributed by atoms with van der Waals surface area (Å²) in [6, 6.07) is 4.56. The number of anilines is 1. The molecule has 0 aliphatic heterocycles. The highest BCUT2D eigenvalue weighted by Gasteiger charge is 2.31. The Hall–Kier alpha value is -2.13. The predicted octanol–water partition coefficient (Wildman–Crippen LogP) is 5.23. The van der Waals surface area contributed by atoms with Crippen molar-refractivity contribution in [2.75, 3.05) is 5.32 Å². The molecular weight excluding hydrogens is 445 g/mol. The Balaban J connectivity index is 2.21. The number of thiocarbonyl (C=S) groups is 1. The Morgan fingerprint density at radius 1 is 1.15 bits per heavy atom. The van der Waals surface area contributed by atoms with E-state index >= 15 is 0 Å². The van der Waals surface area contributed by atoms with E-state index in [9.17, 15) is 23.1 Å². The lowest BCUT2D eigenvalue weighted by Crippen LogP contribution is -2.34. The first kappa shape index (κ1) is 21.2. The van der Waals surface area contributed by atoms with Crippen LogP contribution in [0.5, 0.6) is 5.75 Å². The largest absolute Gasteiger partial charge is 0.506 e. The predicted molar refractivity (Wildman–Crippen MR) is 105 cm³/mol. The maximum Gasteiger partial charge on any atom is 0.416 e. The van der Waals surface area contributed by atoms with Crippen LogP contribution in [0.4, 0.5) is 18.9 Å². The van der Waals surface area contributed by atoms with Crippen molar-refractivity contribution in [3.8, 4) is 5.75 Å². The molecule has 3 N–H and O–H groups in total. The molecule has 144 valence electrons. The number of benzene rings is 2. The molecule has 0 bridgehead atoms. The van der Waals surface area contributed by atoms with Gasteiger partial charge in [0.25, 0.3) is 5.91 Å². The van der Waals surface area contributed by atoms with Gasteiger partial charge in [-0.3, -0.25) is 10.1 Å². The molecule has 1 amide bonds. The average molecular weight is 461 g/mol. The number of hydrogen-bond acceptors (Lipinski definition) is 3. The number of hydrogen-bond donors (Lipinski definition) is 3. The molecule has 0 radical (unpaired) electrons. The lowest BCUT2D eigenvalue weighted by Gasteiger charge is -2.16. The highest BCUT2D eigenvalue weighted by atomic mass is 79.9. The molecule has 0 saturated heterocycles. The number of amides is 1. The van der Waals surface area contributed by atoms with Crippen molar-refractivity contribution in [3.63, 3.8) is 0 Å². The lowest BCUT2D eigenvalue weighted by molar-refractivity contribution is -0.137. The SMILES string of the molecule is Cc1cc(C(=O)NC(=S)Nc2c(O)cc(C)c(Br)c2C)cc(C(F)(F)F)c1. The number of carbonyl (C=O) groups excluding carboxylic acids is 1. The normalized spacial score (nSPS) is 11.2. The zero-order chi connectivity index (χ0) is 20.5. The zero-order valence-electron chi connectivity index (χ0n) is 14.6. The number of aryl methyl sites for hydroxylation is 2. The van der Waals surface area contributed by atoms with E-state index < -0.39 is 17.6 Å². The second-order valence-corrected chi connectivity index (χ2v) is 7.22. The third-order valence-electron chi connectivity index (χ3n) is 3.79. The van der Waals surface area contributed by atoms with Gasteiger partial charge in [-0.2, -0.15) is 13.2 Å². The molecule has 2 rings (SSSR count). The van der Waals surface area contributed by atoms with Gasteiger partial charge in [0.2, 0.25) is 0 Å². The number of halogens is 4. The van der Waals surface area contributed by atoms with Crippen LogP contribution in [0.25, 0.3) is 0 Å². The van der Waals surface area contributed by atoms with Crippen LogP contribution in [0.2, 0.25) is 0 Å². The standard InChI is InChI=1S/C18H16BrF3N2O2S/c1-8-4-11(7-12(5-8)18(20,21)22)16(26)24-17(27)23-15-10(3)14(19)9(2)6-13(15)25/h4-7,25H,1-3H3,(H2,23,24,26,27). The van der Waals surface area contributed by atoms with Gasteiger partial charge >= 0.3 is 6.18 Å². The van der Waals surface area contributed by atoms with Crippen molar-refractivity contribution in [2.24, 2.45) is 0 Å². The molecule has 0 atom stereocenters. The van der Waals surface area contributed by atoms with Crippen molar-refractivity contribution < 1.29 is 23.1 Å². The van der Waals surface area contributed by atoms with Crippen molar-refractivity contribution in [2.45, 2.75) is 26.9 Å². The van der Waals surface area contributed by atoms with E-state index in [0.717, 1.165) is 22.2 Å². The molecule has 2 aromatic carbocycles. The van der Waals surface area contributed by atoms with E-state index in [1.165, 1.54) is 19.1 Å². The topological polar surface area (TPSA) is 61.4 Å². The van der Waals surface area contributed by atoms with Gasteiger partial charge in [-0.1, -0.05) is 15.9 Å². The minimum Gasteiger partial charge on any atom is -0.506 e. The summed E-state index contributed by atoms with van der Waals surface area (Å²) in [6.07, 6.45) is -4.56. The number of phenolic OH excluding ortho intramolecular Hbond substituents is 1. The third kappa shape index (κ3) is 4.98. The zero-order valence-corrected chi connectivity index (χ0v) is 17.0. The minimum atomic E-state index is -4.56. The Bertz CT molecular complexity index is 930. The Morgan fingerprint density at radius 3 is 2.37 bits per heavy atom. The van der Waals surface area contributed by atoms with Crippen molar-refractivity contribution >= 4 is 44.9 Å². The minimum absolute atomic E-state index is 0.0697. The van der Waals surface area contributed by atoms with E-state index in [0.29, 0.717) is 11.1 Å². The molecule has 0 spiro atoms. The van der Waals surface area contributed by atoms with Crippen LogP contribution in [0.1, 0.15) is 32.6 Å². The molecule has 0 aliphatic rings. The molecule has 0 aromatic heterocycles. The van der Waals surface area contributed by atoms with Crippen molar-refractivity contribution in [1.29, 1.82) is 0 Å². The maximum absolute atomic E-state index is 12.9. The van der Waals surface area contributed by atoms with Gasteiger partial charge in [-0.15, -0.1) is 0 Å². The smallest absolute Gasteiger partial charge is 0.416 e. The first-order valence-corrected chi connectivity index (χ1v) is 8.90. The molecule has 9 heteroatoms. The summed E-state index contributed by atoms with van der Waals surface area (Å²) >= 11 is 8.44. The molecule has 0 unspecified atom stereocenters. The summed E-state index contributed by atoms with van der Waals surface area (Å²) in [6.45, 7) is 5.00. The van der Waals surface area contributed by atoms with E-state index in [1.54, 1.807) is 13.8 Å². The van der Waals surface area contributed by atoms with Crippen LogP contribution in [0.3, 0.4) is 0 Å². The number of rotatable bonds is 2. The van der Waals surface area contributed by atoms with Gasteiger partial charge in [-0.05, 0) is 73.9 Å². The van der Waals surface area contributed by atoms with Crippen molar-refractivity contribution in [3.05, 3.63) is 56.6 Å². The van der Waals surface area contributed by atoms with Crippen LogP contribution < -0.4 is 10.6 Å². The average Bonchev–Trinajstić information content (AvgIpc) is 2.55. The summed E-state index contributed by atoms with van der Waals surface area (Å²) in [5, 5.41) is 15.0. The van der Waals surface area contributed by atoms with Gasteiger partial charge in [0, 0.05) is 10.0 Å². The second kappa shape index (κ2) is 7.85. The highest BCUT2D eigenvalue weighted by molar-refractivity contribution is 9.10. The number of nitrogens with one attached hydrogen (secondary N) is 2. The fourth-order valence-electron chi connectivity index (χ4n) is 2.49. The van der Waals surface area contributed by atoms with Crippen LogP contribution in [-0.2, 0) is 6.18 Å². The van der Waals surface area contributed by atoms with Gasteiger partial charge in [0.1, 0.15) is 5.75 Å². The molecule has 4 nitrogen and oxygen atoms in total. The van der Waals surface area contributed by atoms with Crippen LogP contribution in [0, 0.1) is 20.8 Å². The quantitative estimate of drug-likeness (QED) is 0.424. The van der Waals surface area contributed by atoms with Crippen LogP contribution in [-0.4, -0.2) is 16.1 Å². The number of aromatic hydroxyl groups is 1. The molecular formula is C18H16BrF3N2O2S. The van der Waals surface area contributed by atoms with Crippen molar-refractivity contribution in [1.82, 2.24) is 5.32 Å². The Kier molecular flexibility index (Phi) is 6.16. The van der Waals surface area contributed by atoms with Crippen LogP contribution in [0.15, 0.2) is 28.7 Å². The van der Waals surface area contributed by atoms with E-state index in [4.69, 9.17) is 12.2 Å². The van der Waals surface area contributed by atoms with Gasteiger partial charge < -0.3 is 10.4 Å². The summed E-state index contributed by atoms with van der Waals surface area (Å²) in [7, 11) is 0. The highest BCUT2D eigenvalue weighted by Crippen LogP contribution is 2.35. The lowest BCUT2D eigenvalue weighted by atomic mass is 10.1. The van der Waals surface area contributed by atoms with Gasteiger partial charge in [-0.25, -0.2) is 0 Å². The number of carbonyl (C=O) groups is 1. The monoisotopic (exact) mass is 460 g/mol. The summed E-state index contributed by atoms with van der Waals surface area (Å²) < 4.78 is 39.5. The molecule has 0 heterocycles. The molecule has 0 saturated carbocycles. The van der Waals surface area contributed by atoms with Crippen LogP contribution >= 0.6 is 28.1 Å². The summed E-state index contributed by atoms with van der Waals surface area (Å²) in [5.41, 5.74) is 0.978. The fraction of sp³-hybridized carbons (Fsp3) is 0.222. The summed E-state index contributed by atoms with van der Waals surface area (Å²) in [4.78, 5) is 12.3. The van der Waals surface area contributed by atoms with Gasteiger partial charge in [0.15, 0.2) is 5.11 Å². The first-order chi connectivity index (χ1) is 12.4. The summed E-state index contributed by atoms with van der Waals surface area (Å²) in [5.74, 6) is -0.857. The first-order valence-electron chi connectivity index (χ1n) is 7.70. The third-order valence-corrected chi connectivity index (χ3v) is 5.22. The maximum atomic E-state index is 12.9. The molecule has 0 aliphatic carbocycles. The van der Waals surface area contributed by atoms with E-state index in [2.05, 4.69) is 26.6 Å². The van der Waals surface area contributed by atoms with E-state index in [-0.39, 0.29) is 22.1 Å². The molecule has 2 aromatic rings. The number of phenols is 1.